The largest absolute Gasteiger partial charge is 0.324 e. The first-order valence-corrected chi connectivity index (χ1v) is 16.2. The number of fused-ring (bicyclic) bond motifs is 1. The lowest BCUT2D eigenvalue weighted by Gasteiger charge is -2.31. The number of Topliss-reactive ketones (excluding diaryl/α,β-unsaturated/α-hetero) is 1. The lowest BCUT2D eigenvalue weighted by atomic mass is 9.76. The maximum atomic E-state index is 14.2. The number of aryl methyl sites for hydroxylation is 1. The number of aromatic nitrogens is 2. The summed E-state index contributed by atoms with van der Waals surface area (Å²) < 4.78 is 1.77. The van der Waals surface area contributed by atoms with Gasteiger partial charge in [0.05, 0.1) is 11.4 Å². The van der Waals surface area contributed by atoms with Crippen LogP contribution in [0.2, 0.25) is 0 Å². The summed E-state index contributed by atoms with van der Waals surface area (Å²) >= 11 is 0. The number of nitrogens with one attached hydrogen (secondary N) is 3. The first kappa shape index (κ1) is 31.2. The number of hydrogen-bond donors (Lipinski definition) is 3. The molecule has 1 fully saturated rings. The van der Waals surface area contributed by atoms with Crippen molar-refractivity contribution in [2.24, 2.45) is 5.92 Å². The van der Waals surface area contributed by atoms with Crippen LogP contribution in [0.1, 0.15) is 61.9 Å². The second kappa shape index (κ2) is 13.3. The number of hydrogen-bond acceptors (Lipinski definition) is 4. The highest BCUT2D eigenvalue weighted by Crippen LogP contribution is 2.37. The van der Waals surface area contributed by atoms with Gasteiger partial charge in [-0.05, 0) is 78.9 Å². The van der Waals surface area contributed by atoms with Crippen molar-refractivity contribution in [2.45, 2.75) is 58.3 Å². The first-order valence-electron chi connectivity index (χ1n) is 16.2. The molecule has 0 spiro atoms. The minimum Gasteiger partial charge on any atom is -0.317 e. The predicted molar refractivity (Wildman–Crippen MR) is 187 cm³/mol. The molecule has 236 valence electrons. The number of amides is 2. The molecular formula is C39H43N5O2. The Morgan fingerprint density at radius 2 is 1.57 bits per heavy atom. The van der Waals surface area contributed by atoms with E-state index in [0.717, 1.165) is 64.8 Å². The molecule has 1 unspecified atom stereocenters. The third-order valence-corrected chi connectivity index (χ3v) is 8.94. The molecule has 0 aliphatic carbocycles. The zero-order valence-electron chi connectivity index (χ0n) is 27.1. The van der Waals surface area contributed by atoms with E-state index >= 15 is 0 Å². The van der Waals surface area contributed by atoms with Gasteiger partial charge < -0.3 is 10.6 Å². The maximum absolute atomic E-state index is 14.2. The predicted octanol–water partition coefficient (Wildman–Crippen LogP) is 8.17. The van der Waals surface area contributed by atoms with E-state index in [-0.39, 0.29) is 29.1 Å². The van der Waals surface area contributed by atoms with Crippen LogP contribution in [0.3, 0.4) is 0 Å². The summed E-state index contributed by atoms with van der Waals surface area (Å²) in [4.78, 5) is 27.9. The molecule has 4 aromatic carbocycles. The molecule has 6 rings (SSSR count). The fraction of sp³-hybridized carbons (Fsp3) is 0.308. The van der Waals surface area contributed by atoms with Crippen LogP contribution >= 0.6 is 0 Å². The lowest BCUT2D eigenvalue weighted by Crippen LogP contribution is -2.34. The Labute approximate surface area is 271 Å². The smallest absolute Gasteiger partial charge is 0.317 e. The lowest BCUT2D eigenvalue weighted by molar-refractivity contribution is -0.121. The molecule has 0 bridgehead atoms. The van der Waals surface area contributed by atoms with E-state index in [1.165, 1.54) is 0 Å². The summed E-state index contributed by atoms with van der Waals surface area (Å²) in [6.07, 6.45) is 2.14. The Hall–Kier alpha value is -4.75. The topological polar surface area (TPSA) is 88.1 Å². The number of ketones is 1. The first-order chi connectivity index (χ1) is 22.2. The minimum atomic E-state index is -0.382. The molecule has 1 aromatic heterocycles. The summed E-state index contributed by atoms with van der Waals surface area (Å²) in [7, 11) is 0. The Kier molecular flexibility index (Phi) is 9.04. The molecule has 1 saturated heterocycles. The fourth-order valence-corrected chi connectivity index (χ4v) is 6.40. The summed E-state index contributed by atoms with van der Waals surface area (Å²) in [6.45, 7) is 10.1. The van der Waals surface area contributed by atoms with Gasteiger partial charge in [0.25, 0.3) is 0 Å². The number of rotatable bonds is 8. The number of benzene rings is 4. The SMILES string of the molecule is Cc1ccc(-n2nc(C(C)(C)C)cc2NC(=O)Nc2ccccc2C(C(=O)Cc2ccc3ccccc3c2)C2CCNCC2)cc1. The van der Waals surface area contributed by atoms with E-state index in [1.54, 1.807) is 4.68 Å². The van der Waals surface area contributed by atoms with Gasteiger partial charge in [-0.1, -0.05) is 99.1 Å². The average molecular weight is 614 g/mol. The van der Waals surface area contributed by atoms with Crippen LogP contribution in [0.5, 0.6) is 0 Å². The molecule has 1 atom stereocenters. The van der Waals surface area contributed by atoms with Gasteiger partial charge in [0.2, 0.25) is 0 Å². The van der Waals surface area contributed by atoms with Crippen molar-refractivity contribution >= 4 is 34.1 Å². The van der Waals surface area contributed by atoms with Crippen LogP contribution in [0.25, 0.3) is 16.5 Å². The van der Waals surface area contributed by atoms with Crippen LogP contribution in [-0.2, 0) is 16.6 Å². The van der Waals surface area contributed by atoms with Crippen molar-refractivity contribution in [3.63, 3.8) is 0 Å². The van der Waals surface area contributed by atoms with Crippen molar-refractivity contribution in [3.8, 4) is 5.69 Å². The second-order valence-electron chi connectivity index (χ2n) is 13.5. The number of anilines is 2. The summed E-state index contributed by atoms with van der Waals surface area (Å²) in [6, 6.07) is 31.8. The Bertz CT molecular complexity index is 1840. The molecule has 0 saturated carbocycles. The van der Waals surface area contributed by atoms with Gasteiger partial charge in [-0.15, -0.1) is 0 Å². The van der Waals surface area contributed by atoms with E-state index in [4.69, 9.17) is 5.10 Å². The van der Waals surface area contributed by atoms with Crippen LogP contribution in [0.4, 0.5) is 16.3 Å². The number of carbonyl (C=O) groups excluding carboxylic acids is 2. The van der Waals surface area contributed by atoms with Crippen LogP contribution < -0.4 is 16.0 Å². The fourth-order valence-electron chi connectivity index (χ4n) is 6.40. The van der Waals surface area contributed by atoms with Crippen molar-refractivity contribution in [2.75, 3.05) is 23.7 Å². The second-order valence-corrected chi connectivity index (χ2v) is 13.5. The maximum Gasteiger partial charge on any atom is 0.324 e. The van der Waals surface area contributed by atoms with Crippen molar-refractivity contribution in [1.82, 2.24) is 15.1 Å². The molecule has 2 amide bonds. The summed E-state index contributed by atoms with van der Waals surface area (Å²) in [5.74, 6) is 0.586. The number of piperidine rings is 1. The van der Waals surface area contributed by atoms with E-state index in [2.05, 4.69) is 67.1 Å². The van der Waals surface area contributed by atoms with Gasteiger partial charge in [0.15, 0.2) is 0 Å². The number of nitrogens with zero attached hydrogens (tertiary/aromatic N) is 2. The molecule has 0 radical (unpaired) electrons. The van der Waals surface area contributed by atoms with Gasteiger partial charge in [-0.3, -0.25) is 10.1 Å². The van der Waals surface area contributed by atoms with Gasteiger partial charge in [-0.25, -0.2) is 9.48 Å². The zero-order chi connectivity index (χ0) is 32.3. The number of carbonyl (C=O) groups is 2. The monoisotopic (exact) mass is 613 g/mol. The average Bonchev–Trinajstić information content (AvgIpc) is 3.47. The summed E-state index contributed by atoms with van der Waals surface area (Å²) in [5, 5.41) is 16.7. The third kappa shape index (κ3) is 7.05. The number of urea groups is 1. The Balaban J connectivity index is 1.28. The Morgan fingerprint density at radius 1 is 0.870 bits per heavy atom. The summed E-state index contributed by atoms with van der Waals surface area (Å²) in [5.41, 5.74) is 5.18. The molecule has 3 N–H and O–H groups in total. The minimum absolute atomic E-state index is 0.170. The highest BCUT2D eigenvalue weighted by Gasteiger charge is 2.33. The number of para-hydroxylation sites is 1. The van der Waals surface area contributed by atoms with Crippen LogP contribution in [-0.4, -0.2) is 34.7 Å². The van der Waals surface area contributed by atoms with Crippen molar-refractivity contribution in [3.05, 3.63) is 119 Å². The molecule has 1 aliphatic heterocycles. The highest BCUT2D eigenvalue weighted by molar-refractivity contribution is 6.01. The van der Waals surface area contributed by atoms with Gasteiger partial charge in [-0.2, -0.15) is 5.10 Å². The standard InChI is InChI=1S/C39H43N5O2/c1-26-13-17-31(18-14-26)44-36(25-35(43-44)39(2,3)4)42-38(46)41-33-12-8-7-11-32(33)37(29-19-21-40-22-20-29)34(45)24-27-15-16-28-9-5-6-10-30(28)23-27/h5-18,23,25,29,37,40H,19-22,24H2,1-4H3,(H2,41,42,46). The van der Waals surface area contributed by atoms with Crippen molar-refractivity contribution < 1.29 is 9.59 Å². The third-order valence-electron chi connectivity index (χ3n) is 8.94. The van der Waals surface area contributed by atoms with Gasteiger partial charge in [0, 0.05) is 29.5 Å². The quantitative estimate of drug-likeness (QED) is 0.165. The zero-order valence-corrected chi connectivity index (χ0v) is 27.1. The van der Waals surface area contributed by atoms with E-state index < -0.39 is 0 Å². The molecule has 46 heavy (non-hydrogen) atoms. The van der Waals surface area contributed by atoms with Crippen LogP contribution in [0.15, 0.2) is 97.1 Å². The van der Waals surface area contributed by atoms with E-state index in [0.29, 0.717) is 17.9 Å². The molecule has 7 nitrogen and oxygen atoms in total. The van der Waals surface area contributed by atoms with Gasteiger partial charge in [0.1, 0.15) is 11.6 Å². The molecule has 7 heteroatoms. The molecule has 2 heterocycles. The van der Waals surface area contributed by atoms with Crippen molar-refractivity contribution in [1.29, 1.82) is 0 Å². The normalized spacial score (nSPS) is 14.6. The molecular weight excluding hydrogens is 570 g/mol. The van der Waals surface area contributed by atoms with Crippen LogP contribution in [0, 0.1) is 12.8 Å². The molecule has 1 aliphatic rings. The highest BCUT2D eigenvalue weighted by atomic mass is 16.2. The Morgan fingerprint density at radius 3 is 2.30 bits per heavy atom. The molecule has 5 aromatic rings. The van der Waals surface area contributed by atoms with Gasteiger partial charge >= 0.3 is 6.03 Å². The van der Waals surface area contributed by atoms with E-state index in [9.17, 15) is 9.59 Å². The van der Waals surface area contributed by atoms with E-state index in [1.807, 2.05) is 73.7 Å².